The molecule has 0 N–H and O–H groups in total. The van der Waals surface area contributed by atoms with Crippen molar-refractivity contribution in [2.75, 3.05) is 12.3 Å². The second kappa shape index (κ2) is 8.48. The summed E-state index contributed by atoms with van der Waals surface area (Å²) in [5, 5.41) is 1.16. The van der Waals surface area contributed by atoms with Gasteiger partial charge < -0.3 is 4.90 Å². The van der Waals surface area contributed by atoms with Crippen molar-refractivity contribution < 1.29 is 4.79 Å². The van der Waals surface area contributed by atoms with Crippen molar-refractivity contribution >= 4 is 40.9 Å². The van der Waals surface area contributed by atoms with Gasteiger partial charge in [0.05, 0.1) is 0 Å². The first-order chi connectivity index (χ1) is 12.1. The van der Waals surface area contributed by atoms with E-state index in [4.69, 9.17) is 23.2 Å². The van der Waals surface area contributed by atoms with Crippen molar-refractivity contribution in [2.45, 2.75) is 31.6 Å². The van der Waals surface area contributed by atoms with E-state index in [9.17, 15) is 4.79 Å². The van der Waals surface area contributed by atoms with Gasteiger partial charge in [0.2, 0.25) is 0 Å². The summed E-state index contributed by atoms with van der Waals surface area (Å²) < 4.78 is 0. The van der Waals surface area contributed by atoms with Crippen molar-refractivity contribution in [1.29, 1.82) is 0 Å². The number of carbonyl (C=O) groups is 1. The maximum atomic E-state index is 13.0. The lowest BCUT2D eigenvalue weighted by atomic mass is 10.1. The van der Waals surface area contributed by atoms with Gasteiger partial charge in [-0.2, -0.15) is 0 Å². The maximum absolute atomic E-state index is 13.0. The van der Waals surface area contributed by atoms with Crippen LogP contribution in [0.3, 0.4) is 0 Å². The number of carbonyl (C=O) groups excluding carboxylic acids is 1. The molecule has 3 rings (SSSR count). The minimum absolute atomic E-state index is 0.0583. The van der Waals surface area contributed by atoms with E-state index in [2.05, 4.69) is 19.1 Å². The van der Waals surface area contributed by atoms with Gasteiger partial charge in [-0.15, -0.1) is 11.8 Å². The number of unbranched alkanes of at least 4 members (excludes halogenated alkanes) is 1. The van der Waals surface area contributed by atoms with E-state index in [0.717, 1.165) is 29.8 Å². The zero-order valence-electron chi connectivity index (χ0n) is 14.2. The Kier molecular flexibility index (Phi) is 6.32. The Morgan fingerprint density at radius 3 is 2.64 bits per heavy atom. The first kappa shape index (κ1) is 18.6. The topological polar surface area (TPSA) is 20.3 Å². The third kappa shape index (κ3) is 4.33. The van der Waals surface area contributed by atoms with Crippen molar-refractivity contribution in [1.82, 2.24) is 4.90 Å². The fourth-order valence-corrected chi connectivity index (χ4v) is 4.87. The van der Waals surface area contributed by atoms with Crippen LogP contribution in [0.4, 0.5) is 0 Å². The lowest BCUT2D eigenvalue weighted by Gasteiger charge is -2.25. The lowest BCUT2D eigenvalue weighted by molar-refractivity contribution is 0.0760. The van der Waals surface area contributed by atoms with E-state index in [1.165, 1.54) is 18.4 Å². The van der Waals surface area contributed by atoms with Crippen LogP contribution in [0.15, 0.2) is 42.5 Å². The summed E-state index contributed by atoms with van der Waals surface area (Å²) in [6.45, 7) is 2.91. The molecule has 0 aliphatic carbocycles. The van der Waals surface area contributed by atoms with Gasteiger partial charge in [0.25, 0.3) is 5.91 Å². The first-order valence-electron chi connectivity index (χ1n) is 8.56. The summed E-state index contributed by atoms with van der Waals surface area (Å²) >= 11 is 14.1. The minimum Gasteiger partial charge on any atom is -0.322 e. The van der Waals surface area contributed by atoms with Gasteiger partial charge in [-0.25, -0.2) is 0 Å². The van der Waals surface area contributed by atoms with Crippen molar-refractivity contribution in [3.8, 4) is 0 Å². The Bertz CT molecular complexity index is 748. The Balaban J connectivity index is 1.78. The van der Waals surface area contributed by atoms with Gasteiger partial charge in [0.1, 0.15) is 5.37 Å². The molecule has 1 amide bonds. The number of hydrogen-bond acceptors (Lipinski definition) is 2. The number of halogens is 2. The second-order valence-corrected chi connectivity index (χ2v) is 8.22. The first-order valence-corrected chi connectivity index (χ1v) is 10.4. The zero-order valence-corrected chi connectivity index (χ0v) is 16.5. The number of amides is 1. The molecule has 25 heavy (non-hydrogen) atoms. The van der Waals surface area contributed by atoms with Gasteiger partial charge in [0.15, 0.2) is 0 Å². The molecule has 1 atom stereocenters. The maximum Gasteiger partial charge on any atom is 0.255 e. The molecular weight excluding hydrogens is 373 g/mol. The molecule has 0 radical (unpaired) electrons. The van der Waals surface area contributed by atoms with Crippen molar-refractivity contribution in [2.24, 2.45) is 0 Å². The number of hydrogen-bond donors (Lipinski definition) is 0. The normalized spacial score (nSPS) is 17.1. The van der Waals surface area contributed by atoms with Gasteiger partial charge in [0, 0.05) is 33.5 Å². The summed E-state index contributed by atoms with van der Waals surface area (Å²) in [6.07, 6.45) is 3.41. The van der Waals surface area contributed by atoms with Crippen LogP contribution in [0, 0.1) is 0 Å². The summed E-state index contributed by atoms with van der Waals surface area (Å²) in [5.74, 6) is 0.965. The van der Waals surface area contributed by atoms with Crippen LogP contribution < -0.4 is 0 Å². The quantitative estimate of drug-likeness (QED) is 0.600. The SMILES string of the molecule is CCCCc1ccc(C(=O)N2CCSC2c2ccc(Cl)cc2Cl)cc1. The summed E-state index contributed by atoms with van der Waals surface area (Å²) in [5.41, 5.74) is 2.96. The molecule has 0 bridgehead atoms. The molecule has 1 unspecified atom stereocenters. The second-order valence-electron chi connectivity index (χ2n) is 6.19. The van der Waals surface area contributed by atoms with Crippen LogP contribution in [0.1, 0.15) is 46.6 Å². The van der Waals surface area contributed by atoms with Crippen LogP contribution in [-0.4, -0.2) is 23.1 Å². The summed E-state index contributed by atoms with van der Waals surface area (Å²) in [4.78, 5) is 14.9. The highest BCUT2D eigenvalue weighted by Gasteiger charge is 2.32. The molecule has 1 heterocycles. The third-order valence-electron chi connectivity index (χ3n) is 4.40. The number of benzene rings is 2. The number of thioether (sulfide) groups is 1. The van der Waals surface area contributed by atoms with E-state index in [-0.39, 0.29) is 11.3 Å². The number of aryl methyl sites for hydroxylation is 1. The molecule has 2 aromatic rings. The Morgan fingerprint density at radius 2 is 1.96 bits per heavy atom. The summed E-state index contributed by atoms with van der Waals surface area (Å²) in [7, 11) is 0. The highest BCUT2D eigenvalue weighted by Crippen LogP contribution is 2.42. The molecule has 5 heteroatoms. The Hall–Kier alpha value is -1.16. The molecule has 1 aliphatic heterocycles. The molecule has 1 aliphatic rings. The van der Waals surface area contributed by atoms with E-state index in [0.29, 0.717) is 10.0 Å². The highest BCUT2D eigenvalue weighted by molar-refractivity contribution is 7.99. The van der Waals surface area contributed by atoms with E-state index >= 15 is 0 Å². The molecule has 0 aromatic heterocycles. The third-order valence-corrected chi connectivity index (χ3v) is 6.21. The van der Waals surface area contributed by atoms with Crippen LogP contribution in [0.2, 0.25) is 10.0 Å². The molecule has 2 nitrogen and oxygen atoms in total. The standard InChI is InChI=1S/C20H21Cl2NOS/c1-2-3-4-14-5-7-15(8-6-14)19(24)23-11-12-25-20(23)17-10-9-16(21)13-18(17)22/h5-10,13,20H,2-4,11-12H2,1H3. The molecular formula is C20H21Cl2NOS. The minimum atomic E-state index is -0.0583. The largest absolute Gasteiger partial charge is 0.322 e. The van der Waals surface area contributed by atoms with Gasteiger partial charge >= 0.3 is 0 Å². The van der Waals surface area contributed by atoms with Crippen LogP contribution in [0.25, 0.3) is 0 Å². The van der Waals surface area contributed by atoms with E-state index in [1.54, 1.807) is 17.8 Å². The summed E-state index contributed by atoms with van der Waals surface area (Å²) in [6, 6.07) is 13.5. The smallest absolute Gasteiger partial charge is 0.255 e. The fraction of sp³-hybridized carbons (Fsp3) is 0.350. The predicted octanol–water partition coefficient (Wildman–Crippen LogP) is 6.22. The zero-order chi connectivity index (χ0) is 17.8. The van der Waals surface area contributed by atoms with Gasteiger partial charge in [-0.1, -0.05) is 54.7 Å². The Morgan fingerprint density at radius 1 is 1.20 bits per heavy atom. The lowest BCUT2D eigenvalue weighted by Crippen LogP contribution is -2.30. The van der Waals surface area contributed by atoms with Crippen molar-refractivity contribution in [3.05, 3.63) is 69.2 Å². The molecule has 132 valence electrons. The molecule has 2 aromatic carbocycles. The van der Waals surface area contributed by atoms with Gasteiger partial charge in [-0.3, -0.25) is 4.79 Å². The number of nitrogens with zero attached hydrogens (tertiary/aromatic N) is 1. The van der Waals surface area contributed by atoms with Gasteiger partial charge in [-0.05, 0) is 42.7 Å². The average Bonchev–Trinajstić information content (AvgIpc) is 3.09. The monoisotopic (exact) mass is 393 g/mol. The van der Waals surface area contributed by atoms with E-state index < -0.39 is 0 Å². The fourth-order valence-electron chi connectivity index (χ4n) is 3.00. The predicted molar refractivity (Wildman–Crippen MR) is 108 cm³/mol. The number of rotatable bonds is 5. The molecule has 0 spiro atoms. The van der Waals surface area contributed by atoms with Crippen LogP contribution >= 0.6 is 35.0 Å². The van der Waals surface area contributed by atoms with Crippen LogP contribution in [0.5, 0.6) is 0 Å². The highest BCUT2D eigenvalue weighted by atomic mass is 35.5. The Labute approximate surface area is 163 Å². The molecule has 1 fully saturated rings. The molecule has 1 saturated heterocycles. The van der Waals surface area contributed by atoms with Crippen molar-refractivity contribution in [3.63, 3.8) is 0 Å². The van der Waals surface area contributed by atoms with Crippen LogP contribution in [-0.2, 0) is 6.42 Å². The molecule has 0 saturated carbocycles. The van der Waals surface area contributed by atoms with E-state index in [1.807, 2.05) is 29.2 Å². The average molecular weight is 394 g/mol.